The minimum absolute atomic E-state index is 0.0240. The lowest BCUT2D eigenvalue weighted by atomic mass is 10.2. The van der Waals surface area contributed by atoms with Gasteiger partial charge >= 0.3 is 6.03 Å². The summed E-state index contributed by atoms with van der Waals surface area (Å²) in [5, 5.41) is 10.0. The van der Waals surface area contributed by atoms with E-state index < -0.39 is 0 Å². The highest BCUT2D eigenvalue weighted by atomic mass is 16.2. The Kier molecular flexibility index (Phi) is 5.06. The molecule has 1 saturated carbocycles. The molecule has 0 saturated heterocycles. The molecule has 0 spiro atoms. The van der Waals surface area contributed by atoms with E-state index in [0.717, 1.165) is 41.7 Å². The van der Waals surface area contributed by atoms with E-state index in [9.17, 15) is 9.59 Å². The molecule has 1 aliphatic carbocycles. The molecule has 1 aliphatic rings. The van der Waals surface area contributed by atoms with Gasteiger partial charge in [-0.05, 0) is 37.1 Å². The van der Waals surface area contributed by atoms with Crippen LogP contribution in [0, 0.1) is 0 Å². The van der Waals surface area contributed by atoms with E-state index in [0.29, 0.717) is 0 Å². The summed E-state index contributed by atoms with van der Waals surface area (Å²) < 4.78 is 1.07. The molecule has 0 bridgehead atoms. The molecule has 0 aliphatic heterocycles. The Labute approximate surface area is 151 Å². The van der Waals surface area contributed by atoms with Crippen LogP contribution in [-0.2, 0) is 4.79 Å². The lowest BCUT2D eigenvalue weighted by molar-refractivity contribution is -0.116. The van der Waals surface area contributed by atoms with Crippen molar-refractivity contribution in [1.82, 2.24) is 20.1 Å². The van der Waals surface area contributed by atoms with Gasteiger partial charge < -0.3 is 21.3 Å². The van der Waals surface area contributed by atoms with E-state index in [2.05, 4.69) is 20.7 Å². The lowest BCUT2D eigenvalue weighted by Crippen LogP contribution is -2.37. The molecule has 9 nitrogen and oxygen atoms in total. The summed E-state index contributed by atoms with van der Waals surface area (Å²) in [4.78, 5) is 29.3. The van der Waals surface area contributed by atoms with Crippen molar-refractivity contribution in [3.05, 3.63) is 24.3 Å². The van der Waals surface area contributed by atoms with Gasteiger partial charge in [-0.15, -0.1) is 9.78 Å². The van der Waals surface area contributed by atoms with Gasteiger partial charge in [0.1, 0.15) is 0 Å². The Morgan fingerprint density at radius 1 is 1.23 bits per heavy atom. The minimum atomic E-state index is -0.367. The van der Waals surface area contributed by atoms with Gasteiger partial charge in [0, 0.05) is 31.4 Å². The summed E-state index contributed by atoms with van der Waals surface area (Å²) in [6, 6.07) is 7.00. The van der Waals surface area contributed by atoms with E-state index in [1.165, 1.54) is 6.92 Å². The molecule has 2 aromatic rings. The van der Waals surface area contributed by atoms with Gasteiger partial charge in [-0.1, -0.05) is 12.8 Å². The summed E-state index contributed by atoms with van der Waals surface area (Å²) in [7, 11) is 1.71. The second kappa shape index (κ2) is 7.42. The zero-order chi connectivity index (χ0) is 18.7. The third kappa shape index (κ3) is 3.93. The average Bonchev–Trinajstić information content (AvgIpc) is 3.24. The van der Waals surface area contributed by atoms with Crippen LogP contribution >= 0.6 is 0 Å². The van der Waals surface area contributed by atoms with Crippen molar-refractivity contribution in [3.8, 4) is 0 Å². The van der Waals surface area contributed by atoms with Crippen LogP contribution in [0.2, 0.25) is 0 Å². The number of nitrogens with two attached hydrogens (primary N) is 1. The first-order chi connectivity index (χ1) is 12.4. The molecule has 0 unspecified atom stereocenters. The minimum Gasteiger partial charge on any atom is -0.368 e. The van der Waals surface area contributed by atoms with Crippen LogP contribution in [0.4, 0.5) is 28.1 Å². The number of hydrogen-bond donors (Lipinski definition) is 3. The first-order valence-corrected chi connectivity index (χ1v) is 8.59. The molecule has 1 heterocycles. The van der Waals surface area contributed by atoms with Gasteiger partial charge in [0.15, 0.2) is 0 Å². The van der Waals surface area contributed by atoms with Crippen molar-refractivity contribution in [2.75, 3.05) is 23.0 Å². The third-order valence-corrected chi connectivity index (χ3v) is 4.49. The van der Waals surface area contributed by atoms with Crippen LogP contribution < -0.4 is 21.3 Å². The fourth-order valence-electron chi connectivity index (χ4n) is 2.91. The number of carbonyl (C=O) groups excluding carboxylic acids is 2. The SMILES string of the molecule is CC(=O)N(C)c1ccc(Nc2nc(N)n(C(=O)NC3CCCC3)n2)cc1. The van der Waals surface area contributed by atoms with Crippen molar-refractivity contribution in [2.24, 2.45) is 0 Å². The fraction of sp³-hybridized carbons (Fsp3) is 0.412. The van der Waals surface area contributed by atoms with Gasteiger partial charge in [-0.2, -0.15) is 4.98 Å². The quantitative estimate of drug-likeness (QED) is 0.771. The molecular formula is C17H23N7O2. The molecule has 1 fully saturated rings. The first-order valence-electron chi connectivity index (χ1n) is 8.59. The van der Waals surface area contributed by atoms with Crippen LogP contribution in [0.3, 0.4) is 0 Å². The number of benzene rings is 1. The maximum absolute atomic E-state index is 12.3. The second-order valence-electron chi connectivity index (χ2n) is 6.39. The van der Waals surface area contributed by atoms with E-state index in [-0.39, 0.29) is 29.9 Å². The summed E-state index contributed by atoms with van der Waals surface area (Å²) in [5.74, 6) is 0.208. The van der Waals surface area contributed by atoms with Crippen LogP contribution in [-0.4, -0.2) is 39.8 Å². The molecule has 1 aromatic carbocycles. The fourth-order valence-corrected chi connectivity index (χ4v) is 2.91. The predicted molar refractivity (Wildman–Crippen MR) is 99.4 cm³/mol. The Morgan fingerprint density at radius 2 is 1.88 bits per heavy atom. The third-order valence-electron chi connectivity index (χ3n) is 4.49. The number of nitrogens with zero attached hydrogens (tertiary/aromatic N) is 4. The maximum atomic E-state index is 12.3. The van der Waals surface area contributed by atoms with Gasteiger partial charge in [0.05, 0.1) is 0 Å². The highest BCUT2D eigenvalue weighted by Gasteiger charge is 2.20. The molecule has 9 heteroatoms. The predicted octanol–water partition coefficient (Wildman–Crippen LogP) is 2.09. The Morgan fingerprint density at radius 3 is 2.50 bits per heavy atom. The summed E-state index contributed by atoms with van der Waals surface area (Å²) in [5.41, 5.74) is 7.31. The monoisotopic (exact) mass is 357 g/mol. The van der Waals surface area contributed by atoms with Crippen molar-refractivity contribution >= 4 is 35.2 Å². The molecule has 26 heavy (non-hydrogen) atoms. The Balaban J connectivity index is 1.67. The molecule has 4 N–H and O–H groups in total. The number of nitrogens with one attached hydrogen (secondary N) is 2. The van der Waals surface area contributed by atoms with Crippen molar-refractivity contribution < 1.29 is 9.59 Å². The highest BCUT2D eigenvalue weighted by molar-refractivity contribution is 5.91. The number of aromatic nitrogens is 3. The number of hydrogen-bond acceptors (Lipinski definition) is 6. The molecule has 0 atom stereocenters. The Bertz CT molecular complexity index is 794. The topological polar surface area (TPSA) is 118 Å². The van der Waals surface area contributed by atoms with Crippen molar-refractivity contribution in [1.29, 1.82) is 0 Å². The van der Waals surface area contributed by atoms with Gasteiger partial charge in [-0.3, -0.25) is 4.79 Å². The molecule has 1 aromatic heterocycles. The number of amides is 2. The zero-order valence-electron chi connectivity index (χ0n) is 14.9. The van der Waals surface area contributed by atoms with Gasteiger partial charge in [0.2, 0.25) is 17.8 Å². The number of rotatable bonds is 4. The van der Waals surface area contributed by atoms with E-state index in [1.54, 1.807) is 36.2 Å². The largest absolute Gasteiger partial charge is 0.368 e. The van der Waals surface area contributed by atoms with E-state index in [1.807, 2.05) is 0 Å². The van der Waals surface area contributed by atoms with Crippen LogP contribution in [0.1, 0.15) is 32.6 Å². The van der Waals surface area contributed by atoms with Crippen LogP contribution in [0.25, 0.3) is 0 Å². The number of anilines is 4. The Hall–Kier alpha value is -3.10. The molecule has 0 radical (unpaired) electrons. The zero-order valence-corrected chi connectivity index (χ0v) is 14.9. The summed E-state index contributed by atoms with van der Waals surface area (Å²) in [6.07, 6.45) is 4.21. The highest BCUT2D eigenvalue weighted by Crippen LogP contribution is 2.20. The molecule has 138 valence electrons. The van der Waals surface area contributed by atoms with Gasteiger partial charge in [-0.25, -0.2) is 4.79 Å². The number of carbonyl (C=O) groups is 2. The second-order valence-corrected chi connectivity index (χ2v) is 6.39. The summed E-state index contributed by atoms with van der Waals surface area (Å²) >= 11 is 0. The molecule has 3 rings (SSSR count). The molecule has 2 amide bonds. The smallest absolute Gasteiger partial charge is 0.345 e. The first kappa shape index (κ1) is 17.7. The molecular weight excluding hydrogens is 334 g/mol. The van der Waals surface area contributed by atoms with Crippen LogP contribution in [0.5, 0.6) is 0 Å². The average molecular weight is 357 g/mol. The summed E-state index contributed by atoms with van der Waals surface area (Å²) in [6.45, 7) is 1.50. The van der Waals surface area contributed by atoms with Gasteiger partial charge in [0.25, 0.3) is 0 Å². The van der Waals surface area contributed by atoms with Crippen LogP contribution in [0.15, 0.2) is 24.3 Å². The van der Waals surface area contributed by atoms with E-state index >= 15 is 0 Å². The lowest BCUT2D eigenvalue weighted by Gasteiger charge is -2.15. The van der Waals surface area contributed by atoms with E-state index in [4.69, 9.17) is 5.73 Å². The van der Waals surface area contributed by atoms with Crippen molar-refractivity contribution in [3.63, 3.8) is 0 Å². The normalized spacial score (nSPS) is 14.2. The standard InChI is InChI=1S/C17H23N7O2/c1-11(25)23(2)14-9-7-13(8-10-14)19-16-21-15(18)24(22-16)17(26)20-12-5-3-4-6-12/h7-10,12H,3-6H2,1-2H3,(H,20,26)(H3,18,19,21,22). The van der Waals surface area contributed by atoms with Crippen molar-refractivity contribution in [2.45, 2.75) is 38.6 Å². The number of nitrogen functional groups attached to an aromatic ring is 1. The maximum Gasteiger partial charge on any atom is 0.345 e.